The predicted octanol–water partition coefficient (Wildman–Crippen LogP) is 2.91. The van der Waals surface area contributed by atoms with Crippen molar-refractivity contribution < 1.29 is 0 Å². The zero-order valence-corrected chi connectivity index (χ0v) is 8.94. The van der Waals surface area contributed by atoms with Gasteiger partial charge in [-0.15, -0.1) is 0 Å². The standard InChI is InChI=1S/C8H17N.C2H6/c1-7-5-6-8(2,3)9(7)4;1-2/h7H,5-6H2,1-4H3;1-2H3/t7-;/m1./s1. The van der Waals surface area contributed by atoms with E-state index < -0.39 is 0 Å². The van der Waals surface area contributed by atoms with Gasteiger partial charge in [0.1, 0.15) is 0 Å². The van der Waals surface area contributed by atoms with E-state index in [0.717, 1.165) is 6.04 Å². The van der Waals surface area contributed by atoms with E-state index in [1.54, 1.807) is 0 Å². The number of likely N-dealkylation sites (tertiary alicyclic amines) is 1. The van der Waals surface area contributed by atoms with E-state index in [1.165, 1.54) is 12.8 Å². The highest BCUT2D eigenvalue weighted by molar-refractivity contribution is 4.89. The normalized spacial score (nSPS) is 29.5. The van der Waals surface area contributed by atoms with E-state index in [1.807, 2.05) is 13.8 Å². The molecule has 0 amide bonds. The average molecular weight is 157 g/mol. The minimum Gasteiger partial charge on any atom is -0.299 e. The maximum atomic E-state index is 2.47. The molecule has 1 heterocycles. The molecular formula is C10H23N. The molecule has 0 unspecified atom stereocenters. The molecule has 0 aromatic rings. The molecule has 0 aliphatic carbocycles. The van der Waals surface area contributed by atoms with Gasteiger partial charge in [-0.3, -0.25) is 4.90 Å². The molecule has 0 radical (unpaired) electrons. The highest BCUT2D eigenvalue weighted by atomic mass is 15.2. The van der Waals surface area contributed by atoms with Gasteiger partial charge in [0.25, 0.3) is 0 Å². The van der Waals surface area contributed by atoms with Gasteiger partial charge < -0.3 is 0 Å². The molecular weight excluding hydrogens is 134 g/mol. The first kappa shape index (κ1) is 11.0. The van der Waals surface area contributed by atoms with Crippen LogP contribution in [-0.4, -0.2) is 23.5 Å². The zero-order chi connectivity index (χ0) is 9.07. The van der Waals surface area contributed by atoms with Gasteiger partial charge in [-0.05, 0) is 40.7 Å². The molecule has 1 fully saturated rings. The molecule has 0 saturated carbocycles. The summed E-state index contributed by atoms with van der Waals surface area (Å²) in [5.41, 5.74) is 0.458. The van der Waals surface area contributed by atoms with Crippen molar-refractivity contribution in [2.45, 2.75) is 59.0 Å². The van der Waals surface area contributed by atoms with Gasteiger partial charge in [0.15, 0.2) is 0 Å². The maximum Gasteiger partial charge on any atom is 0.0153 e. The molecule has 1 heteroatoms. The Hall–Kier alpha value is -0.0400. The lowest BCUT2D eigenvalue weighted by molar-refractivity contribution is 0.178. The Balaban J connectivity index is 0.000000461. The van der Waals surface area contributed by atoms with Crippen LogP contribution in [0.5, 0.6) is 0 Å². The molecule has 11 heavy (non-hydrogen) atoms. The van der Waals surface area contributed by atoms with Crippen molar-refractivity contribution in [1.29, 1.82) is 0 Å². The van der Waals surface area contributed by atoms with E-state index in [0.29, 0.717) is 5.54 Å². The fourth-order valence-corrected chi connectivity index (χ4v) is 1.53. The summed E-state index contributed by atoms with van der Waals surface area (Å²) in [5, 5.41) is 0. The molecule has 1 rings (SSSR count). The summed E-state index contributed by atoms with van der Waals surface area (Å²) in [7, 11) is 2.22. The van der Waals surface area contributed by atoms with Crippen LogP contribution < -0.4 is 0 Å². The van der Waals surface area contributed by atoms with Crippen molar-refractivity contribution in [3.8, 4) is 0 Å². The highest BCUT2D eigenvalue weighted by Crippen LogP contribution is 2.30. The quantitative estimate of drug-likeness (QED) is 0.522. The number of rotatable bonds is 0. The lowest BCUT2D eigenvalue weighted by Gasteiger charge is -2.30. The van der Waals surface area contributed by atoms with Gasteiger partial charge in [0.05, 0.1) is 0 Å². The van der Waals surface area contributed by atoms with Crippen molar-refractivity contribution in [3.63, 3.8) is 0 Å². The highest BCUT2D eigenvalue weighted by Gasteiger charge is 2.33. The zero-order valence-electron chi connectivity index (χ0n) is 8.94. The van der Waals surface area contributed by atoms with Crippen LogP contribution in [0.25, 0.3) is 0 Å². The lowest BCUT2D eigenvalue weighted by Crippen LogP contribution is -2.38. The number of nitrogens with zero attached hydrogens (tertiary/aromatic N) is 1. The summed E-state index contributed by atoms with van der Waals surface area (Å²) in [6.45, 7) is 10.9. The molecule has 1 aliphatic heterocycles. The fraction of sp³-hybridized carbons (Fsp3) is 1.00. The van der Waals surface area contributed by atoms with Gasteiger partial charge in [-0.2, -0.15) is 0 Å². The van der Waals surface area contributed by atoms with E-state index in [9.17, 15) is 0 Å². The monoisotopic (exact) mass is 157 g/mol. The van der Waals surface area contributed by atoms with Gasteiger partial charge >= 0.3 is 0 Å². The minimum absolute atomic E-state index is 0.458. The third-order valence-corrected chi connectivity index (χ3v) is 2.79. The number of hydrogen-bond donors (Lipinski definition) is 0. The Morgan fingerprint density at radius 2 is 1.73 bits per heavy atom. The summed E-state index contributed by atoms with van der Waals surface area (Å²) in [5.74, 6) is 0. The van der Waals surface area contributed by atoms with Crippen LogP contribution in [0.1, 0.15) is 47.5 Å². The Bertz CT molecular complexity index is 107. The molecule has 0 aromatic carbocycles. The minimum atomic E-state index is 0.458. The molecule has 0 N–H and O–H groups in total. The second-order valence-corrected chi connectivity index (χ2v) is 3.81. The Kier molecular flexibility index (Phi) is 4.09. The van der Waals surface area contributed by atoms with Crippen molar-refractivity contribution in [3.05, 3.63) is 0 Å². The van der Waals surface area contributed by atoms with Crippen molar-refractivity contribution >= 4 is 0 Å². The molecule has 1 aliphatic rings. The summed E-state index contributed by atoms with van der Waals surface area (Å²) in [6, 6.07) is 0.792. The largest absolute Gasteiger partial charge is 0.299 e. The van der Waals surface area contributed by atoms with Crippen LogP contribution in [-0.2, 0) is 0 Å². The van der Waals surface area contributed by atoms with E-state index in [4.69, 9.17) is 0 Å². The third-order valence-electron chi connectivity index (χ3n) is 2.79. The Labute approximate surface area is 71.8 Å². The van der Waals surface area contributed by atoms with E-state index >= 15 is 0 Å². The van der Waals surface area contributed by atoms with Crippen LogP contribution in [0.3, 0.4) is 0 Å². The van der Waals surface area contributed by atoms with Gasteiger partial charge in [-0.1, -0.05) is 13.8 Å². The SMILES string of the molecule is CC.C[C@@H]1CCC(C)(C)N1C. The Morgan fingerprint density at radius 1 is 1.27 bits per heavy atom. The molecule has 1 atom stereocenters. The maximum absolute atomic E-state index is 2.47. The van der Waals surface area contributed by atoms with Gasteiger partial charge in [0, 0.05) is 11.6 Å². The fourth-order valence-electron chi connectivity index (χ4n) is 1.53. The molecule has 68 valence electrons. The molecule has 0 bridgehead atoms. The first-order valence-electron chi connectivity index (χ1n) is 4.77. The topological polar surface area (TPSA) is 3.24 Å². The lowest BCUT2D eigenvalue weighted by atomic mass is 10.0. The molecule has 1 nitrogen and oxygen atoms in total. The van der Waals surface area contributed by atoms with Crippen molar-refractivity contribution in [2.24, 2.45) is 0 Å². The second kappa shape index (κ2) is 4.10. The van der Waals surface area contributed by atoms with Crippen molar-refractivity contribution in [2.75, 3.05) is 7.05 Å². The first-order chi connectivity index (χ1) is 5.04. The molecule has 1 saturated heterocycles. The predicted molar refractivity (Wildman–Crippen MR) is 51.9 cm³/mol. The summed E-state index contributed by atoms with van der Waals surface area (Å²) < 4.78 is 0. The van der Waals surface area contributed by atoms with Crippen LogP contribution >= 0.6 is 0 Å². The summed E-state index contributed by atoms with van der Waals surface area (Å²) in [6.07, 6.45) is 2.72. The second-order valence-electron chi connectivity index (χ2n) is 3.81. The van der Waals surface area contributed by atoms with Gasteiger partial charge in [-0.25, -0.2) is 0 Å². The van der Waals surface area contributed by atoms with E-state index in [2.05, 4.69) is 32.7 Å². The molecule has 0 spiro atoms. The summed E-state index contributed by atoms with van der Waals surface area (Å²) >= 11 is 0. The van der Waals surface area contributed by atoms with Gasteiger partial charge in [0.2, 0.25) is 0 Å². The van der Waals surface area contributed by atoms with Crippen LogP contribution in [0, 0.1) is 0 Å². The third kappa shape index (κ3) is 2.48. The smallest absolute Gasteiger partial charge is 0.0153 e. The van der Waals surface area contributed by atoms with Crippen LogP contribution in [0.4, 0.5) is 0 Å². The number of hydrogen-bond acceptors (Lipinski definition) is 1. The first-order valence-corrected chi connectivity index (χ1v) is 4.77. The van der Waals surface area contributed by atoms with Crippen LogP contribution in [0.2, 0.25) is 0 Å². The van der Waals surface area contributed by atoms with E-state index in [-0.39, 0.29) is 0 Å². The summed E-state index contributed by atoms with van der Waals surface area (Å²) in [4.78, 5) is 2.47. The average Bonchev–Trinajstić information content (AvgIpc) is 2.21. The van der Waals surface area contributed by atoms with Crippen LogP contribution in [0.15, 0.2) is 0 Å². The molecule has 0 aromatic heterocycles. The Morgan fingerprint density at radius 3 is 1.82 bits per heavy atom. The van der Waals surface area contributed by atoms with Crippen molar-refractivity contribution in [1.82, 2.24) is 4.90 Å².